The summed E-state index contributed by atoms with van der Waals surface area (Å²) in [6.45, 7) is 4.76. The standard InChI is InChI=1S/C25H28N4O4S/c1-17(26)24(32)29(22-14-34-16-27-22)25(15-30,23(18(2)31)28-10-12-33-13-11-28)21-9-5-7-19-6-3-4-8-20(19)21/h3-9,14-17,23H,10-13,26H2,1-2H3/t17-,23?,25-/m0/s1. The fourth-order valence-corrected chi connectivity index (χ4v) is 5.35. The maximum absolute atomic E-state index is 13.7. The van der Waals surface area contributed by atoms with Crippen LogP contribution >= 0.6 is 11.3 Å². The molecule has 1 fully saturated rings. The van der Waals surface area contributed by atoms with Crippen LogP contribution in [-0.2, 0) is 24.7 Å². The molecular weight excluding hydrogens is 452 g/mol. The van der Waals surface area contributed by atoms with E-state index >= 15 is 0 Å². The largest absolute Gasteiger partial charge is 0.379 e. The summed E-state index contributed by atoms with van der Waals surface area (Å²) in [6, 6.07) is 11.3. The molecule has 1 unspecified atom stereocenters. The number of aldehydes is 1. The van der Waals surface area contributed by atoms with Gasteiger partial charge >= 0.3 is 0 Å². The molecule has 1 aromatic heterocycles. The van der Waals surface area contributed by atoms with Gasteiger partial charge in [0.25, 0.3) is 0 Å². The third-order valence-electron chi connectivity index (χ3n) is 6.24. The summed E-state index contributed by atoms with van der Waals surface area (Å²) < 4.78 is 5.52. The molecule has 0 saturated carbocycles. The van der Waals surface area contributed by atoms with Crippen LogP contribution in [0.2, 0.25) is 0 Å². The Morgan fingerprint density at radius 1 is 1.21 bits per heavy atom. The lowest BCUT2D eigenvalue weighted by Gasteiger charge is -2.48. The molecular formula is C25H28N4O4S. The smallest absolute Gasteiger partial charge is 0.246 e. The number of anilines is 1. The molecule has 1 amide bonds. The molecule has 0 aliphatic carbocycles. The number of carbonyl (C=O) groups excluding carboxylic acids is 3. The third-order valence-corrected chi connectivity index (χ3v) is 6.82. The predicted molar refractivity (Wildman–Crippen MR) is 132 cm³/mol. The molecule has 34 heavy (non-hydrogen) atoms. The first-order chi connectivity index (χ1) is 16.4. The minimum Gasteiger partial charge on any atom is -0.379 e. The summed E-state index contributed by atoms with van der Waals surface area (Å²) in [5, 5.41) is 3.36. The first-order valence-electron chi connectivity index (χ1n) is 11.2. The molecule has 1 saturated heterocycles. The van der Waals surface area contributed by atoms with Crippen molar-refractivity contribution in [3.63, 3.8) is 0 Å². The van der Waals surface area contributed by atoms with Gasteiger partial charge in [0.2, 0.25) is 5.91 Å². The van der Waals surface area contributed by atoms with E-state index in [0.29, 0.717) is 31.9 Å². The number of hydrogen-bond donors (Lipinski definition) is 1. The number of rotatable bonds is 8. The van der Waals surface area contributed by atoms with E-state index in [1.165, 1.54) is 23.2 Å². The molecule has 178 valence electrons. The number of aromatic nitrogens is 1. The zero-order valence-corrected chi connectivity index (χ0v) is 20.0. The molecule has 3 atom stereocenters. The highest BCUT2D eigenvalue weighted by Gasteiger charge is 2.54. The Balaban J connectivity index is 2.10. The van der Waals surface area contributed by atoms with Gasteiger partial charge in [-0.3, -0.25) is 19.4 Å². The summed E-state index contributed by atoms with van der Waals surface area (Å²) >= 11 is 1.30. The second kappa shape index (κ2) is 10.1. The highest BCUT2D eigenvalue weighted by Crippen LogP contribution is 2.41. The van der Waals surface area contributed by atoms with Gasteiger partial charge < -0.3 is 15.3 Å². The number of carbonyl (C=O) groups is 3. The summed E-state index contributed by atoms with van der Waals surface area (Å²) in [5.74, 6) is -0.447. The van der Waals surface area contributed by atoms with Crippen molar-refractivity contribution in [2.45, 2.75) is 31.5 Å². The van der Waals surface area contributed by atoms with Crippen molar-refractivity contribution >= 4 is 45.9 Å². The SMILES string of the molecule is CC(=O)C(N1CCOCC1)[C@](C=O)(c1cccc2ccccc12)N(C(=O)[C@H](C)N)c1cscn1. The Labute approximate surface area is 202 Å². The molecule has 3 aromatic rings. The maximum Gasteiger partial charge on any atom is 0.246 e. The first kappa shape index (κ1) is 24.2. The fourth-order valence-electron chi connectivity index (χ4n) is 4.83. The number of ketones is 1. The van der Waals surface area contributed by atoms with E-state index in [4.69, 9.17) is 10.5 Å². The van der Waals surface area contributed by atoms with Crippen molar-refractivity contribution in [1.29, 1.82) is 0 Å². The molecule has 0 radical (unpaired) electrons. The zero-order valence-electron chi connectivity index (χ0n) is 19.2. The van der Waals surface area contributed by atoms with E-state index in [1.54, 1.807) is 23.9 Å². The lowest BCUT2D eigenvalue weighted by molar-refractivity contribution is -0.134. The van der Waals surface area contributed by atoms with E-state index in [0.717, 1.165) is 17.1 Å². The van der Waals surface area contributed by atoms with Crippen molar-refractivity contribution in [2.75, 3.05) is 31.2 Å². The highest BCUT2D eigenvalue weighted by molar-refractivity contribution is 7.07. The quantitative estimate of drug-likeness (QED) is 0.494. The Bertz CT molecular complexity index is 1170. The minimum absolute atomic E-state index is 0.236. The topological polar surface area (TPSA) is 106 Å². The van der Waals surface area contributed by atoms with Crippen LogP contribution in [-0.4, -0.2) is 66.2 Å². The Kier molecular flexibility index (Phi) is 7.18. The van der Waals surface area contributed by atoms with Crippen LogP contribution in [0.15, 0.2) is 53.4 Å². The van der Waals surface area contributed by atoms with Crippen molar-refractivity contribution in [3.8, 4) is 0 Å². The molecule has 8 nitrogen and oxygen atoms in total. The Morgan fingerprint density at radius 2 is 1.91 bits per heavy atom. The van der Waals surface area contributed by atoms with Gasteiger partial charge in [-0.1, -0.05) is 42.5 Å². The number of Topliss-reactive ketones (excluding diaryl/α,β-unsaturated/α-hetero) is 1. The van der Waals surface area contributed by atoms with Crippen LogP contribution in [0.1, 0.15) is 19.4 Å². The molecule has 4 rings (SSSR count). The zero-order chi connectivity index (χ0) is 24.3. The molecule has 2 N–H and O–H groups in total. The molecule has 2 aromatic carbocycles. The van der Waals surface area contributed by atoms with Gasteiger partial charge in [-0.15, -0.1) is 11.3 Å². The monoisotopic (exact) mass is 480 g/mol. The first-order valence-corrected chi connectivity index (χ1v) is 12.1. The number of morpholine rings is 1. The number of ether oxygens (including phenoxy) is 1. The second-order valence-electron chi connectivity index (χ2n) is 8.44. The summed E-state index contributed by atoms with van der Waals surface area (Å²) in [7, 11) is 0. The number of benzene rings is 2. The van der Waals surface area contributed by atoms with Crippen molar-refractivity contribution in [1.82, 2.24) is 9.88 Å². The number of thiazole rings is 1. The average Bonchev–Trinajstić information content (AvgIpc) is 3.37. The van der Waals surface area contributed by atoms with Crippen LogP contribution in [0.4, 0.5) is 5.82 Å². The lowest BCUT2D eigenvalue weighted by Crippen LogP contribution is -2.68. The maximum atomic E-state index is 13.7. The molecule has 0 spiro atoms. The number of fused-ring (bicyclic) bond motifs is 1. The molecule has 0 bridgehead atoms. The summed E-state index contributed by atoms with van der Waals surface area (Å²) in [6.07, 6.45) is 0.718. The average molecular weight is 481 g/mol. The Morgan fingerprint density at radius 3 is 2.53 bits per heavy atom. The van der Waals surface area contributed by atoms with Gasteiger partial charge in [-0.05, 0) is 30.2 Å². The molecule has 9 heteroatoms. The summed E-state index contributed by atoms with van der Waals surface area (Å²) in [4.78, 5) is 48.2. The van der Waals surface area contributed by atoms with E-state index in [1.807, 2.05) is 41.3 Å². The van der Waals surface area contributed by atoms with Gasteiger partial charge in [0.05, 0.1) is 24.8 Å². The van der Waals surface area contributed by atoms with Gasteiger partial charge in [-0.2, -0.15) is 0 Å². The third kappa shape index (κ3) is 4.16. The van der Waals surface area contributed by atoms with Gasteiger partial charge in [0.1, 0.15) is 17.6 Å². The van der Waals surface area contributed by atoms with Crippen molar-refractivity contribution < 1.29 is 19.1 Å². The number of nitrogens with zero attached hydrogens (tertiary/aromatic N) is 3. The lowest BCUT2D eigenvalue weighted by atomic mass is 9.76. The van der Waals surface area contributed by atoms with Gasteiger partial charge in [-0.25, -0.2) is 4.98 Å². The van der Waals surface area contributed by atoms with E-state index < -0.39 is 23.5 Å². The van der Waals surface area contributed by atoms with Crippen LogP contribution in [0.3, 0.4) is 0 Å². The van der Waals surface area contributed by atoms with Crippen molar-refractivity contribution in [2.24, 2.45) is 5.73 Å². The highest BCUT2D eigenvalue weighted by atomic mass is 32.1. The van der Waals surface area contributed by atoms with E-state index in [-0.39, 0.29) is 11.6 Å². The van der Waals surface area contributed by atoms with Crippen LogP contribution < -0.4 is 10.6 Å². The molecule has 1 aliphatic rings. The second-order valence-corrected chi connectivity index (χ2v) is 9.16. The van der Waals surface area contributed by atoms with Gasteiger partial charge in [0, 0.05) is 18.5 Å². The normalized spacial score (nSPS) is 18.1. The van der Waals surface area contributed by atoms with Gasteiger partial charge in [0.15, 0.2) is 11.8 Å². The minimum atomic E-state index is -1.71. The fraction of sp³-hybridized carbons (Fsp3) is 0.360. The predicted octanol–water partition coefficient (Wildman–Crippen LogP) is 2.36. The number of amides is 1. The van der Waals surface area contributed by atoms with Crippen LogP contribution in [0.5, 0.6) is 0 Å². The number of hydrogen-bond acceptors (Lipinski definition) is 8. The summed E-state index contributed by atoms with van der Waals surface area (Å²) in [5.41, 5.74) is 6.52. The molecule has 2 heterocycles. The molecule has 1 aliphatic heterocycles. The van der Waals surface area contributed by atoms with Crippen LogP contribution in [0.25, 0.3) is 10.8 Å². The Hall–Kier alpha value is -2.98. The van der Waals surface area contributed by atoms with E-state index in [2.05, 4.69) is 4.98 Å². The van der Waals surface area contributed by atoms with Crippen molar-refractivity contribution in [3.05, 3.63) is 58.9 Å². The van der Waals surface area contributed by atoms with Crippen LogP contribution in [0, 0.1) is 0 Å². The van der Waals surface area contributed by atoms with E-state index in [9.17, 15) is 14.4 Å². The number of nitrogens with two attached hydrogens (primary N) is 1.